The third-order valence-electron chi connectivity index (χ3n) is 3.84. The number of halogens is 1. The fourth-order valence-electron chi connectivity index (χ4n) is 2.51. The summed E-state index contributed by atoms with van der Waals surface area (Å²) in [6.07, 6.45) is 6.44. The second-order valence-corrected chi connectivity index (χ2v) is 5.95. The van der Waals surface area contributed by atoms with Crippen LogP contribution in [0.15, 0.2) is 36.4 Å². The summed E-state index contributed by atoms with van der Waals surface area (Å²) in [6, 6.07) is 6.80. The van der Waals surface area contributed by atoms with Crippen molar-refractivity contribution in [3.8, 4) is 0 Å². The third kappa shape index (κ3) is 3.64. The molecular formula is C16H19ClN2O2. The average Bonchev–Trinajstić information content (AvgIpc) is 2.91. The molecular weight excluding hydrogens is 288 g/mol. The Morgan fingerprint density at radius 1 is 1.48 bits per heavy atom. The zero-order valence-corrected chi connectivity index (χ0v) is 12.7. The monoisotopic (exact) mass is 306 g/mol. The molecule has 0 aliphatic heterocycles. The van der Waals surface area contributed by atoms with Gasteiger partial charge in [-0.25, -0.2) is 0 Å². The number of carbonyl (C=O) groups excluding carboxylic acids is 2. The van der Waals surface area contributed by atoms with Crippen LogP contribution in [0.2, 0.25) is 5.02 Å². The van der Waals surface area contributed by atoms with E-state index < -0.39 is 11.4 Å². The fourth-order valence-corrected chi connectivity index (χ4v) is 2.70. The van der Waals surface area contributed by atoms with E-state index in [1.54, 1.807) is 31.2 Å². The number of hydrogen-bond donors (Lipinski definition) is 2. The first kappa shape index (κ1) is 15.6. The van der Waals surface area contributed by atoms with Gasteiger partial charge in [0.25, 0.3) is 0 Å². The molecule has 4 nitrogen and oxygen atoms in total. The highest BCUT2D eigenvalue weighted by Gasteiger charge is 2.35. The molecule has 1 aromatic carbocycles. The zero-order chi connectivity index (χ0) is 15.5. The Balaban J connectivity index is 2.16. The normalized spacial score (nSPS) is 20.0. The van der Waals surface area contributed by atoms with E-state index in [1.807, 2.05) is 6.08 Å². The maximum Gasteiger partial charge on any atom is 0.247 e. The van der Waals surface area contributed by atoms with Crippen LogP contribution >= 0.6 is 11.6 Å². The lowest BCUT2D eigenvalue weighted by Gasteiger charge is -2.28. The number of rotatable bonds is 5. The molecule has 0 heterocycles. The van der Waals surface area contributed by atoms with Gasteiger partial charge in [0.15, 0.2) is 0 Å². The Morgan fingerprint density at radius 2 is 2.24 bits per heavy atom. The van der Waals surface area contributed by atoms with Crippen molar-refractivity contribution in [2.45, 2.75) is 31.7 Å². The summed E-state index contributed by atoms with van der Waals surface area (Å²) in [5.41, 5.74) is 4.82. The number of amides is 2. The van der Waals surface area contributed by atoms with E-state index in [0.717, 1.165) is 12.8 Å². The lowest BCUT2D eigenvalue weighted by molar-refractivity contribution is -0.131. The van der Waals surface area contributed by atoms with Crippen molar-refractivity contribution in [3.63, 3.8) is 0 Å². The summed E-state index contributed by atoms with van der Waals surface area (Å²) >= 11 is 5.96. The van der Waals surface area contributed by atoms with Crippen LogP contribution in [0.3, 0.4) is 0 Å². The number of hydrogen-bond acceptors (Lipinski definition) is 2. The van der Waals surface area contributed by atoms with E-state index in [1.165, 1.54) is 0 Å². The molecule has 0 fully saturated rings. The van der Waals surface area contributed by atoms with E-state index in [9.17, 15) is 9.59 Å². The molecule has 0 saturated carbocycles. The molecule has 2 atom stereocenters. The molecule has 2 amide bonds. The average molecular weight is 307 g/mol. The van der Waals surface area contributed by atoms with Crippen molar-refractivity contribution in [1.29, 1.82) is 0 Å². The van der Waals surface area contributed by atoms with Gasteiger partial charge in [-0.3, -0.25) is 9.59 Å². The van der Waals surface area contributed by atoms with E-state index in [0.29, 0.717) is 17.0 Å². The Labute approximate surface area is 129 Å². The number of carbonyl (C=O) groups is 2. The molecule has 1 aromatic rings. The maximum atomic E-state index is 12.2. The molecule has 0 radical (unpaired) electrons. The Morgan fingerprint density at radius 3 is 2.81 bits per heavy atom. The van der Waals surface area contributed by atoms with Crippen LogP contribution in [0.4, 0.5) is 0 Å². The van der Waals surface area contributed by atoms with Crippen molar-refractivity contribution >= 4 is 23.4 Å². The number of benzene rings is 1. The quantitative estimate of drug-likeness (QED) is 0.820. The predicted octanol–water partition coefficient (Wildman–Crippen LogP) is 2.51. The van der Waals surface area contributed by atoms with Gasteiger partial charge in [0.2, 0.25) is 11.8 Å². The highest BCUT2D eigenvalue weighted by Crippen LogP contribution is 2.25. The van der Waals surface area contributed by atoms with E-state index in [-0.39, 0.29) is 11.8 Å². The lowest BCUT2D eigenvalue weighted by Crippen LogP contribution is -2.53. The van der Waals surface area contributed by atoms with Gasteiger partial charge in [-0.15, -0.1) is 0 Å². The van der Waals surface area contributed by atoms with Crippen LogP contribution < -0.4 is 11.1 Å². The summed E-state index contributed by atoms with van der Waals surface area (Å²) in [5.74, 6) is -0.561. The Bertz CT molecular complexity index is 585. The molecule has 0 saturated heterocycles. The molecule has 3 N–H and O–H groups in total. The minimum absolute atomic E-state index is 0.187. The Kier molecular flexibility index (Phi) is 4.68. The summed E-state index contributed by atoms with van der Waals surface area (Å²) in [6.45, 7) is 1.60. The lowest BCUT2D eigenvalue weighted by atomic mass is 9.90. The maximum absolute atomic E-state index is 12.2. The van der Waals surface area contributed by atoms with Crippen LogP contribution in [0.25, 0.3) is 0 Å². The predicted molar refractivity (Wildman–Crippen MR) is 82.6 cm³/mol. The van der Waals surface area contributed by atoms with Crippen LogP contribution in [0, 0.1) is 5.92 Å². The summed E-state index contributed by atoms with van der Waals surface area (Å²) in [7, 11) is 0. The van der Waals surface area contributed by atoms with Crippen LogP contribution in [0.1, 0.15) is 31.7 Å². The van der Waals surface area contributed by atoms with E-state index in [4.69, 9.17) is 17.3 Å². The van der Waals surface area contributed by atoms with Crippen LogP contribution in [0.5, 0.6) is 0 Å². The van der Waals surface area contributed by atoms with Gasteiger partial charge in [-0.05, 0) is 43.4 Å². The molecule has 21 heavy (non-hydrogen) atoms. The topological polar surface area (TPSA) is 72.2 Å². The van der Waals surface area contributed by atoms with Crippen molar-refractivity contribution in [3.05, 3.63) is 47.0 Å². The van der Waals surface area contributed by atoms with Gasteiger partial charge in [-0.2, -0.15) is 0 Å². The first-order valence-electron chi connectivity index (χ1n) is 6.95. The standard InChI is InChI=1S/C16H19ClN2O2/c1-16(15(18)21,12-7-4-8-13(17)10-12)19-14(20)9-11-5-2-3-6-11/h2,4-5,7-8,10-11H,3,6,9H2,1H3,(H2,18,21)(H,19,20)/t11-,16-/m0/s1. The highest BCUT2D eigenvalue weighted by atomic mass is 35.5. The minimum Gasteiger partial charge on any atom is -0.367 e. The molecule has 0 spiro atoms. The summed E-state index contributed by atoms with van der Waals surface area (Å²) < 4.78 is 0. The van der Waals surface area contributed by atoms with Gasteiger partial charge < -0.3 is 11.1 Å². The second-order valence-electron chi connectivity index (χ2n) is 5.52. The SMILES string of the molecule is C[C@@](NC(=O)C[C@H]1C=CCC1)(C(N)=O)c1cccc(Cl)c1. The molecule has 0 bridgehead atoms. The molecule has 5 heteroatoms. The van der Waals surface area contributed by atoms with Crippen molar-refractivity contribution < 1.29 is 9.59 Å². The molecule has 1 aliphatic carbocycles. The molecule has 0 aromatic heterocycles. The minimum atomic E-state index is -1.26. The summed E-state index contributed by atoms with van der Waals surface area (Å²) in [5, 5.41) is 3.25. The largest absolute Gasteiger partial charge is 0.367 e. The first-order valence-corrected chi connectivity index (χ1v) is 7.33. The van der Waals surface area contributed by atoms with Gasteiger partial charge in [0, 0.05) is 11.4 Å². The zero-order valence-electron chi connectivity index (χ0n) is 11.9. The highest BCUT2D eigenvalue weighted by molar-refractivity contribution is 6.30. The van der Waals surface area contributed by atoms with Crippen molar-refractivity contribution in [1.82, 2.24) is 5.32 Å². The first-order chi connectivity index (χ1) is 9.91. The van der Waals surface area contributed by atoms with Crippen molar-refractivity contribution in [2.24, 2.45) is 11.7 Å². The number of allylic oxidation sites excluding steroid dienone is 2. The molecule has 1 aliphatic rings. The van der Waals surface area contributed by atoms with Gasteiger partial charge in [-0.1, -0.05) is 35.9 Å². The van der Waals surface area contributed by atoms with E-state index >= 15 is 0 Å². The third-order valence-corrected chi connectivity index (χ3v) is 4.08. The van der Waals surface area contributed by atoms with Gasteiger partial charge >= 0.3 is 0 Å². The van der Waals surface area contributed by atoms with Crippen molar-refractivity contribution in [2.75, 3.05) is 0 Å². The summed E-state index contributed by atoms with van der Waals surface area (Å²) in [4.78, 5) is 24.0. The van der Waals surface area contributed by atoms with Crippen LogP contribution in [-0.4, -0.2) is 11.8 Å². The molecule has 2 rings (SSSR count). The smallest absolute Gasteiger partial charge is 0.247 e. The second kappa shape index (κ2) is 6.31. The molecule has 112 valence electrons. The number of primary amides is 1. The fraction of sp³-hybridized carbons (Fsp3) is 0.375. The van der Waals surface area contributed by atoms with Gasteiger partial charge in [0.05, 0.1) is 0 Å². The van der Waals surface area contributed by atoms with Crippen LogP contribution in [-0.2, 0) is 15.1 Å². The molecule has 0 unspecified atom stereocenters. The Hall–Kier alpha value is -1.81. The van der Waals surface area contributed by atoms with Gasteiger partial charge in [0.1, 0.15) is 5.54 Å². The van der Waals surface area contributed by atoms with E-state index in [2.05, 4.69) is 11.4 Å². The number of nitrogens with one attached hydrogen (secondary N) is 1. The number of nitrogens with two attached hydrogens (primary N) is 1.